The van der Waals surface area contributed by atoms with Gasteiger partial charge in [-0.15, -0.1) is 0 Å². The van der Waals surface area contributed by atoms with Crippen LogP contribution in [0, 0.1) is 0 Å². The lowest BCUT2D eigenvalue weighted by Crippen LogP contribution is -2.47. The van der Waals surface area contributed by atoms with Gasteiger partial charge in [-0.05, 0) is 37.6 Å². The van der Waals surface area contributed by atoms with Crippen LogP contribution in [0.1, 0.15) is 19.4 Å². The number of urea groups is 1. The topological polar surface area (TPSA) is 79.3 Å². The highest BCUT2D eigenvalue weighted by molar-refractivity contribution is 6.42. The SMILES string of the molecule is CC(C)N(CC(=O)Nc1cc(-c2ccccc2)nn1-c1ccc(Cl)c(Cl)c1)C(=O)NCc1ccccc1. The van der Waals surface area contributed by atoms with Crippen LogP contribution in [0.25, 0.3) is 16.9 Å². The minimum absolute atomic E-state index is 0.133. The Bertz CT molecular complexity index is 1370. The molecule has 0 atom stereocenters. The van der Waals surface area contributed by atoms with E-state index >= 15 is 0 Å². The fourth-order valence-electron chi connectivity index (χ4n) is 3.73. The Kier molecular flexibility index (Phi) is 8.48. The fourth-order valence-corrected chi connectivity index (χ4v) is 4.03. The minimum atomic E-state index is -0.357. The summed E-state index contributed by atoms with van der Waals surface area (Å²) >= 11 is 12.3. The molecule has 1 aromatic heterocycles. The van der Waals surface area contributed by atoms with Crippen LogP contribution in [0.3, 0.4) is 0 Å². The van der Waals surface area contributed by atoms with Gasteiger partial charge in [0.15, 0.2) is 0 Å². The van der Waals surface area contributed by atoms with Crippen molar-refractivity contribution in [2.45, 2.75) is 26.4 Å². The molecule has 1 heterocycles. The first-order valence-electron chi connectivity index (χ1n) is 11.8. The molecule has 0 saturated carbocycles. The van der Waals surface area contributed by atoms with Crippen LogP contribution < -0.4 is 10.6 Å². The van der Waals surface area contributed by atoms with Gasteiger partial charge < -0.3 is 15.5 Å². The largest absolute Gasteiger partial charge is 0.334 e. The average molecular weight is 536 g/mol. The van der Waals surface area contributed by atoms with Gasteiger partial charge in [-0.1, -0.05) is 83.9 Å². The molecule has 9 heteroatoms. The number of hydrogen-bond acceptors (Lipinski definition) is 3. The summed E-state index contributed by atoms with van der Waals surface area (Å²) in [6, 6.07) is 25.6. The first-order chi connectivity index (χ1) is 17.8. The lowest BCUT2D eigenvalue weighted by Gasteiger charge is -2.26. The van der Waals surface area contributed by atoms with Crippen LogP contribution in [0.5, 0.6) is 0 Å². The van der Waals surface area contributed by atoms with Crippen LogP contribution in [0.4, 0.5) is 10.6 Å². The second-order valence-electron chi connectivity index (χ2n) is 8.71. The number of amides is 3. The Morgan fingerprint density at radius 1 is 0.919 bits per heavy atom. The molecule has 3 aromatic carbocycles. The van der Waals surface area contributed by atoms with E-state index in [1.807, 2.05) is 74.5 Å². The molecule has 190 valence electrons. The van der Waals surface area contributed by atoms with E-state index < -0.39 is 0 Å². The zero-order valence-electron chi connectivity index (χ0n) is 20.5. The number of nitrogens with one attached hydrogen (secondary N) is 2. The molecule has 0 unspecified atom stereocenters. The third-order valence-electron chi connectivity index (χ3n) is 5.68. The van der Waals surface area contributed by atoms with Gasteiger partial charge in [-0.3, -0.25) is 4.79 Å². The molecule has 37 heavy (non-hydrogen) atoms. The molecule has 0 fully saturated rings. The molecule has 4 rings (SSSR count). The Balaban J connectivity index is 1.54. The summed E-state index contributed by atoms with van der Waals surface area (Å²) in [4.78, 5) is 27.5. The summed E-state index contributed by atoms with van der Waals surface area (Å²) < 4.78 is 1.59. The van der Waals surface area contributed by atoms with Crippen molar-refractivity contribution in [3.63, 3.8) is 0 Å². The lowest BCUT2D eigenvalue weighted by atomic mass is 10.1. The molecule has 7 nitrogen and oxygen atoms in total. The number of benzene rings is 3. The number of anilines is 1. The van der Waals surface area contributed by atoms with Crippen molar-refractivity contribution in [2.75, 3.05) is 11.9 Å². The smallest absolute Gasteiger partial charge is 0.318 e. The van der Waals surface area contributed by atoms with Crippen molar-refractivity contribution in [1.82, 2.24) is 20.0 Å². The van der Waals surface area contributed by atoms with Gasteiger partial charge in [0.1, 0.15) is 12.4 Å². The van der Waals surface area contributed by atoms with E-state index in [1.54, 1.807) is 28.9 Å². The number of carbonyl (C=O) groups excluding carboxylic acids is 2. The van der Waals surface area contributed by atoms with Crippen LogP contribution >= 0.6 is 23.2 Å². The van der Waals surface area contributed by atoms with E-state index in [0.717, 1.165) is 11.1 Å². The molecule has 0 bridgehead atoms. The van der Waals surface area contributed by atoms with Crippen LogP contribution in [-0.2, 0) is 11.3 Å². The molecular formula is C28H27Cl2N5O2. The first-order valence-corrected chi connectivity index (χ1v) is 12.6. The van der Waals surface area contributed by atoms with Crippen molar-refractivity contribution in [3.05, 3.63) is 101 Å². The summed E-state index contributed by atoms with van der Waals surface area (Å²) in [6.07, 6.45) is 0. The first kappa shape index (κ1) is 26.3. The quantitative estimate of drug-likeness (QED) is 0.273. The zero-order chi connectivity index (χ0) is 26.4. The monoisotopic (exact) mass is 535 g/mol. The second kappa shape index (κ2) is 12.0. The highest BCUT2D eigenvalue weighted by Crippen LogP contribution is 2.29. The molecule has 2 N–H and O–H groups in total. The molecule has 0 spiro atoms. The summed E-state index contributed by atoms with van der Waals surface area (Å²) in [6.45, 7) is 3.96. The zero-order valence-corrected chi connectivity index (χ0v) is 22.0. The number of hydrogen-bond donors (Lipinski definition) is 2. The molecular weight excluding hydrogens is 509 g/mol. The van der Waals surface area contributed by atoms with E-state index in [1.165, 1.54) is 4.90 Å². The third-order valence-corrected chi connectivity index (χ3v) is 6.42. The number of nitrogens with zero attached hydrogens (tertiary/aromatic N) is 3. The third kappa shape index (κ3) is 6.70. The number of rotatable bonds is 8. The van der Waals surface area contributed by atoms with Crippen molar-refractivity contribution >= 4 is 41.0 Å². The van der Waals surface area contributed by atoms with Crippen molar-refractivity contribution in [3.8, 4) is 16.9 Å². The van der Waals surface area contributed by atoms with Gasteiger partial charge in [-0.2, -0.15) is 5.10 Å². The molecule has 3 amide bonds. The van der Waals surface area contributed by atoms with E-state index in [4.69, 9.17) is 28.3 Å². The Morgan fingerprint density at radius 2 is 1.59 bits per heavy atom. The predicted octanol–water partition coefficient (Wildman–Crippen LogP) is 6.40. The van der Waals surface area contributed by atoms with Gasteiger partial charge in [-0.25, -0.2) is 9.48 Å². The molecule has 0 aliphatic carbocycles. The maximum Gasteiger partial charge on any atom is 0.318 e. The minimum Gasteiger partial charge on any atom is -0.334 e. The number of carbonyl (C=O) groups is 2. The van der Waals surface area contributed by atoms with Gasteiger partial charge >= 0.3 is 6.03 Å². The Hall–Kier alpha value is -3.81. The maximum atomic E-state index is 13.1. The van der Waals surface area contributed by atoms with E-state index in [0.29, 0.717) is 33.8 Å². The average Bonchev–Trinajstić information content (AvgIpc) is 3.32. The van der Waals surface area contributed by atoms with Gasteiger partial charge in [0.25, 0.3) is 0 Å². The number of aromatic nitrogens is 2. The summed E-state index contributed by atoms with van der Waals surface area (Å²) in [5.74, 6) is 0.0834. The molecule has 0 aliphatic rings. The molecule has 4 aromatic rings. The maximum absolute atomic E-state index is 13.1. The molecule has 0 saturated heterocycles. The Labute approximate surface area is 226 Å². The molecule has 0 radical (unpaired) electrons. The van der Waals surface area contributed by atoms with Crippen LogP contribution in [0.15, 0.2) is 84.9 Å². The highest BCUT2D eigenvalue weighted by atomic mass is 35.5. The summed E-state index contributed by atoms with van der Waals surface area (Å²) in [5, 5.41) is 11.3. The van der Waals surface area contributed by atoms with Crippen LogP contribution in [-0.4, -0.2) is 39.2 Å². The van der Waals surface area contributed by atoms with Gasteiger partial charge in [0, 0.05) is 24.2 Å². The second-order valence-corrected chi connectivity index (χ2v) is 9.52. The normalized spacial score (nSPS) is 10.8. The van der Waals surface area contributed by atoms with E-state index in [2.05, 4.69) is 10.6 Å². The van der Waals surface area contributed by atoms with Crippen molar-refractivity contribution in [2.24, 2.45) is 0 Å². The summed E-state index contributed by atoms with van der Waals surface area (Å²) in [5.41, 5.74) is 3.17. The van der Waals surface area contributed by atoms with Crippen LogP contribution in [0.2, 0.25) is 10.0 Å². The highest BCUT2D eigenvalue weighted by Gasteiger charge is 2.22. The van der Waals surface area contributed by atoms with Gasteiger partial charge in [0.05, 0.1) is 21.4 Å². The van der Waals surface area contributed by atoms with Gasteiger partial charge in [0.2, 0.25) is 5.91 Å². The predicted molar refractivity (Wildman–Crippen MR) is 148 cm³/mol. The Morgan fingerprint density at radius 3 is 2.24 bits per heavy atom. The van der Waals surface area contributed by atoms with Crippen molar-refractivity contribution < 1.29 is 9.59 Å². The lowest BCUT2D eigenvalue weighted by molar-refractivity contribution is -0.117. The number of halogens is 2. The summed E-state index contributed by atoms with van der Waals surface area (Å²) in [7, 11) is 0. The van der Waals surface area contributed by atoms with Crippen molar-refractivity contribution in [1.29, 1.82) is 0 Å². The standard InChI is InChI=1S/C28H27Cl2N5O2/c1-19(2)34(28(37)31-17-20-9-5-3-6-10-20)18-27(36)32-26-16-25(21-11-7-4-8-12-21)33-35(26)22-13-14-23(29)24(30)15-22/h3-16,19H,17-18H2,1-2H3,(H,31,37)(H,32,36). The van der Waals surface area contributed by atoms with E-state index in [9.17, 15) is 9.59 Å². The molecule has 0 aliphatic heterocycles. The fraction of sp³-hybridized carbons (Fsp3) is 0.179. The van der Waals surface area contributed by atoms with E-state index in [-0.39, 0.29) is 24.5 Å².